The first-order valence-electron chi connectivity index (χ1n) is 27.9. The molecule has 0 spiro atoms. The van der Waals surface area contributed by atoms with Crippen LogP contribution in [0.2, 0.25) is 0 Å². The SMILES string of the molecule is ClCCCl.[BH3-][N+](C)(C)[BH2-]Cc1n(-c2c(C(C)C)cccc2C(C)C)cc[n+]1-c1c(C(C)C)cccc1C(C)C.[BH3-][N+](C)(C)[BH2-]Cc1n(-c2c(C(C)C)cccc2C(C)C)cc[n+]1-c1c(C(C)C)cccc1C(C)C. The maximum atomic E-state index is 5.05. The minimum Gasteiger partial charge on any atom is -0.738 e. The van der Waals surface area contributed by atoms with Gasteiger partial charge in [-0.3, -0.25) is 0 Å². The third-order valence-corrected chi connectivity index (χ3v) is 15.0. The molecule has 0 aliphatic heterocycles. The average Bonchev–Trinajstić information content (AvgIpc) is 3.95. The summed E-state index contributed by atoms with van der Waals surface area (Å²) < 4.78 is 12.9. The summed E-state index contributed by atoms with van der Waals surface area (Å²) in [4.78, 5) is 0. The number of benzene rings is 4. The molecule has 6 nitrogen and oxygen atoms in total. The third-order valence-electron chi connectivity index (χ3n) is 14.5. The van der Waals surface area contributed by atoms with Crippen LogP contribution in [0.1, 0.15) is 214 Å². The smallest absolute Gasteiger partial charge is 0.236 e. The fourth-order valence-electron chi connectivity index (χ4n) is 10.4. The van der Waals surface area contributed by atoms with Crippen molar-refractivity contribution in [2.45, 2.75) is 171 Å². The highest BCUT2D eigenvalue weighted by Crippen LogP contribution is 2.36. The van der Waals surface area contributed by atoms with Crippen molar-refractivity contribution >= 4 is 54.0 Å². The molecule has 0 saturated heterocycles. The van der Waals surface area contributed by atoms with Crippen LogP contribution >= 0.6 is 23.2 Å². The number of halogens is 2. The van der Waals surface area contributed by atoms with Crippen LogP contribution in [0.4, 0.5) is 0 Å². The molecule has 0 saturated carbocycles. The van der Waals surface area contributed by atoms with Gasteiger partial charge < -0.3 is 8.61 Å². The Morgan fingerprint density at radius 2 is 0.622 bits per heavy atom. The highest BCUT2D eigenvalue weighted by molar-refractivity contribution is 6.32. The molecule has 6 aromatic rings. The van der Waals surface area contributed by atoms with Crippen LogP contribution in [0, 0.1) is 0 Å². The van der Waals surface area contributed by atoms with Crippen LogP contribution < -0.4 is 9.13 Å². The van der Waals surface area contributed by atoms with E-state index in [1.807, 2.05) is 0 Å². The van der Waals surface area contributed by atoms with Crippen molar-refractivity contribution in [3.8, 4) is 22.7 Å². The molecular formula is C62H102B4Cl2N6. The third kappa shape index (κ3) is 15.8. The number of imidazole rings is 2. The maximum absolute atomic E-state index is 5.05. The molecule has 6 rings (SSSR count). The Labute approximate surface area is 465 Å². The molecule has 0 atom stereocenters. The van der Waals surface area contributed by atoms with E-state index in [0.29, 0.717) is 59.1 Å². The standard InChI is InChI=1S/2C30H49B2N3.C2H4Cl2/c2*1-20(2)24-13-11-14-25(21(3)4)29(24)33-17-18-34(28(33)19-32-35(9,10)31)30-26(22(5)6)15-12-16-27(30)23(7)8;3-1-2-4/h2*11-18,20-23H,19,32H2,1-10,31H3;1-2H2. The van der Waals surface area contributed by atoms with E-state index in [1.165, 1.54) is 100 Å². The average molecular weight is 1050 g/mol. The summed E-state index contributed by atoms with van der Waals surface area (Å²) in [6, 6.07) is 27.8. The second kappa shape index (κ2) is 27.4. The zero-order chi connectivity index (χ0) is 55.6. The Morgan fingerprint density at radius 1 is 0.405 bits per heavy atom. The molecule has 0 N–H and O–H groups in total. The van der Waals surface area contributed by atoms with E-state index in [0.717, 1.165) is 0 Å². The highest BCUT2D eigenvalue weighted by atomic mass is 35.5. The second-order valence-electron chi connectivity index (χ2n) is 23.7. The number of rotatable bonds is 19. The molecule has 0 unspecified atom stereocenters. The number of alkyl halides is 2. The van der Waals surface area contributed by atoms with Gasteiger partial charge in [-0.2, -0.15) is 0 Å². The van der Waals surface area contributed by atoms with E-state index < -0.39 is 0 Å². The van der Waals surface area contributed by atoms with E-state index in [2.05, 4.69) is 255 Å². The van der Waals surface area contributed by atoms with Crippen LogP contribution in [-0.4, -0.2) is 88.5 Å². The fraction of sp³-hybridized carbons (Fsp3) is 0.516. The molecule has 0 bridgehead atoms. The lowest BCUT2D eigenvalue weighted by Gasteiger charge is -2.44. The van der Waals surface area contributed by atoms with E-state index in [9.17, 15) is 0 Å². The highest BCUT2D eigenvalue weighted by Gasteiger charge is 2.31. The van der Waals surface area contributed by atoms with Gasteiger partial charge in [-0.15, -0.1) is 23.2 Å². The predicted molar refractivity (Wildman–Crippen MR) is 337 cm³/mol. The normalized spacial score (nSPS) is 12.3. The maximum Gasteiger partial charge on any atom is 0.236 e. The van der Waals surface area contributed by atoms with Gasteiger partial charge in [0.1, 0.15) is 63.5 Å². The first-order chi connectivity index (χ1) is 34.6. The summed E-state index contributed by atoms with van der Waals surface area (Å²) in [5.74, 6) is 7.88. The molecule has 0 amide bonds. The van der Waals surface area contributed by atoms with E-state index in [1.54, 1.807) is 0 Å². The minimum absolute atomic E-state index is 0.144. The molecule has 4 aromatic carbocycles. The van der Waals surface area contributed by atoms with Gasteiger partial charge in [-0.1, -0.05) is 184 Å². The Kier molecular flexibility index (Phi) is 23.2. The van der Waals surface area contributed by atoms with Crippen LogP contribution in [0.3, 0.4) is 0 Å². The van der Waals surface area contributed by atoms with Gasteiger partial charge in [0.25, 0.3) is 0 Å². The monoisotopic (exact) mass is 1040 g/mol. The zero-order valence-corrected chi connectivity index (χ0v) is 50.6. The van der Waals surface area contributed by atoms with Crippen molar-refractivity contribution in [3.05, 3.63) is 154 Å². The second-order valence-corrected chi connectivity index (χ2v) is 24.4. The van der Waals surface area contributed by atoms with E-state index >= 15 is 0 Å². The largest absolute Gasteiger partial charge is 0.738 e. The van der Waals surface area contributed by atoms with Crippen molar-refractivity contribution in [1.29, 1.82) is 0 Å². The van der Waals surface area contributed by atoms with Gasteiger partial charge in [-0.05, 0) is 88.2 Å². The lowest BCUT2D eigenvalue weighted by Crippen LogP contribution is -2.45. The van der Waals surface area contributed by atoms with Gasteiger partial charge in [0.15, 0.2) is 14.8 Å². The number of quaternary nitrogens is 2. The number of aromatic nitrogens is 4. The minimum atomic E-state index is -0.144. The lowest BCUT2D eigenvalue weighted by molar-refractivity contribution is -0.650. The molecule has 0 aliphatic carbocycles. The Morgan fingerprint density at radius 3 is 0.811 bits per heavy atom. The van der Waals surface area contributed by atoms with Crippen molar-refractivity contribution in [2.24, 2.45) is 0 Å². The molecule has 0 fully saturated rings. The van der Waals surface area contributed by atoms with Crippen LogP contribution in [0.15, 0.2) is 97.6 Å². The first kappa shape index (κ1) is 62.6. The Balaban J connectivity index is 0.000000299. The Bertz CT molecular complexity index is 2270. The summed E-state index contributed by atoms with van der Waals surface area (Å²) in [6.45, 7) is 37.4. The molecule has 0 aliphatic rings. The van der Waals surface area contributed by atoms with E-state index in [-0.39, 0.29) is 30.8 Å². The summed E-state index contributed by atoms with van der Waals surface area (Å²) in [5.41, 5.74) is 17.3. The van der Waals surface area contributed by atoms with Crippen molar-refractivity contribution in [3.63, 3.8) is 0 Å². The summed E-state index contributed by atoms with van der Waals surface area (Å²) in [5, 5.41) is 0. The molecule has 2 aromatic heterocycles. The number of hydrogen-bond donors (Lipinski definition) is 0. The molecule has 406 valence electrons. The lowest BCUT2D eigenvalue weighted by atomic mass is 9.79. The predicted octanol–water partition coefficient (Wildman–Crippen LogP) is 11.8. The first-order valence-corrected chi connectivity index (χ1v) is 28.9. The van der Waals surface area contributed by atoms with Gasteiger partial charge in [0.05, 0.1) is 0 Å². The quantitative estimate of drug-likeness (QED) is 0.0437. The van der Waals surface area contributed by atoms with Crippen LogP contribution in [-0.2, 0) is 12.6 Å². The molecule has 12 heteroatoms. The van der Waals surface area contributed by atoms with Crippen molar-refractivity contribution < 1.29 is 17.7 Å². The van der Waals surface area contributed by atoms with Gasteiger partial charge in [-0.25, -0.2) is 18.3 Å². The molecular weight excluding hydrogens is 943 g/mol. The molecule has 74 heavy (non-hydrogen) atoms. The molecule has 0 radical (unpaired) electrons. The number of nitrogens with zero attached hydrogens (tertiary/aromatic N) is 6. The summed E-state index contributed by atoms with van der Waals surface area (Å²) in [6.07, 6.45) is 11.8. The van der Waals surface area contributed by atoms with E-state index in [4.69, 9.17) is 23.2 Å². The van der Waals surface area contributed by atoms with Gasteiger partial charge >= 0.3 is 0 Å². The summed E-state index contributed by atoms with van der Waals surface area (Å²) in [7, 11) is 10.1. The van der Waals surface area contributed by atoms with Crippen molar-refractivity contribution in [1.82, 2.24) is 9.13 Å². The zero-order valence-electron chi connectivity index (χ0n) is 49.1. The topological polar surface area (TPSA) is 17.6 Å². The van der Waals surface area contributed by atoms with Gasteiger partial charge in [0.2, 0.25) is 11.6 Å². The van der Waals surface area contributed by atoms with Crippen LogP contribution in [0.25, 0.3) is 22.7 Å². The number of hydrogen-bond acceptors (Lipinski definition) is 0. The number of para-hydroxylation sites is 4. The van der Waals surface area contributed by atoms with Gasteiger partial charge in [0, 0.05) is 56.3 Å². The Hall–Kier alpha value is -3.94. The summed E-state index contributed by atoms with van der Waals surface area (Å²) >= 11 is 10.1. The molecule has 2 heterocycles. The van der Waals surface area contributed by atoms with Crippen molar-refractivity contribution in [2.75, 3.05) is 40.0 Å². The van der Waals surface area contributed by atoms with Crippen LogP contribution in [0.5, 0.6) is 0 Å². The fourth-order valence-corrected chi connectivity index (χ4v) is 10.4.